The number of rotatable bonds is 4. The van der Waals surface area contributed by atoms with Gasteiger partial charge in [0.1, 0.15) is 0 Å². The van der Waals surface area contributed by atoms with Gasteiger partial charge in [-0.1, -0.05) is 36.8 Å². The van der Waals surface area contributed by atoms with E-state index in [1.807, 2.05) is 30.3 Å². The summed E-state index contributed by atoms with van der Waals surface area (Å²) in [7, 11) is 0. The molecule has 0 radical (unpaired) electrons. The highest BCUT2D eigenvalue weighted by Crippen LogP contribution is 2.37. The van der Waals surface area contributed by atoms with E-state index in [1.165, 1.54) is 0 Å². The lowest BCUT2D eigenvalue weighted by Gasteiger charge is -2.31. The van der Waals surface area contributed by atoms with Crippen LogP contribution in [0.3, 0.4) is 0 Å². The third-order valence-corrected chi connectivity index (χ3v) is 3.99. The zero-order valence-electron chi connectivity index (χ0n) is 11.8. The van der Waals surface area contributed by atoms with Crippen LogP contribution in [0.25, 0.3) is 0 Å². The van der Waals surface area contributed by atoms with Gasteiger partial charge in [-0.2, -0.15) is 13.2 Å². The van der Waals surface area contributed by atoms with Crippen LogP contribution in [0.2, 0.25) is 0 Å². The number of amides is 1. The van der Waals surface area contributed by atoms with Gasteiger partial charge < -0.3 is 5.32 Å². The van der Waals surface area contributed by atoms with Gasteiger partial charge in [-0.05, 0) is 31.2 Å². The van der Waals surface area contributed by atoms with E-state index in [1.54, 1.807) is 0 Å². The van der Waals surface area contributed by atoms with Gasteiger partial charge in [-0.25, -0.2) is 0 Å². The molecule has 0 heterocycles. The second-order valence-electron chi connectivity index (χ2n) is 5.66. The minimum Gasteiger partial charge on any atom is -0.353 e. The number of halogens is 3. The van der Waals surface area contributed by atoms with Crippen LogP contribution in [0.1, 0.15) is 37.7 Å². The molecule has 2 atom stereocenters. The van der Waals surface area contributed by atoms with E-state index in [9.17, 15) is 18.0 Å². The van der Waals surface area contributed by atoms with Crippen molar-refractivity contribution in [2.24, 2.45) is 5.92 Å². The highest BCUT2D eigenvalue weighted by Gasteiger charge is 2.42. The molecule has 1 N–H and O–H groups in total. The summed E-state index contributed by atoms with van der Waals surface area (Å²) in [6.45, 7) is 0. The summed E-state index contributed by atoms with van der Waals surface area (Å²) in [6.07, 6.45) is -1.86. The first-order valence-electron chi connectivity index (χ1n) is 7.35. The Morgan fingerprint density at radius 3 is 2.57 bits per heavy atom. The van der Waals surface area contributed by atoms with Crippen molar-refractivity contribution in [1.82, 2.24) is 5.32 Å². The van der Waals surface area contributed by atoms with E-state index >= 15 is 0 Å². The maximum Gasteiger partial charge on any atom is 0.391 e. The molecule has 116 valence electrons. The molecule has 5 heteroatoms. The van der Waals surface area contributed by atoms with Gasteiger partial charge in [0.05, 0.1) is 5.92 Å². The average Bonchev–Trinajstić information content (AvgIpc) is 2.46. The van der Waals surface area contributed by atoms with Gasteiger partial charge in [-0.3, -0.25) is 4.79 Å². The van der Waals surface area contributed by atoms with Crippen LogP contribution in [-0.2, 0) is 11.2 Å². The van der Waals surface area contributed by atoms with Gasteiger partial charge in [0.25, 0.3) is 0 Å². The molecule has 0 aromatic heterocycles. The van der Waals surface area contributed by atoms with Gasteiger partial charge in [-0.15, -0.1) is 0 Å². The number of benzene rings is 1. The monoisotopic (exact) mass is 299 g/mol. The fourth-order valence-electron chi connectivity index (χ4n) is 2.82. The lowest BCUT2D eigenvalue weighted by molar-refractivity contribution is -0.184. The Hall–Kier alpha value is -1.52. The largest absolute Gasteiger partial charge is 0.391 e. The number of hydrogen-bond acceptors (Lipinski definition) is 1. The Morgan fingerprint density at radius 1 is 1.19 bits per heavy atom. The van der Waals surface area contributed by atoms with E-state index in [0.29, 0.717) is 25.7 Å². The summed E-state index contributed by atoms with van der Waals surface area (Å²) < 4.78 is 38.1. The molecule has 1 amide bonds. The van der Waals surface area contributed by atoms with Crippen molar-refractivity contribution >= 4 is 5.91 Å². The number of hydrogen-bond donors (Lipinski definition) is 1. The Morgan fingerprint density at radius 2 is 1.90 bits per heavy atom. The fourth-order valence-corrected chi connectivity index (χ4v) is 2.82. The van der Waals surface area contributed by atoms with Crippen LogP contribution in [0.5, 0.6) is 0 Å². The SMILES string of the molecule is O=C(CCc1ccccc1)N[C@@H]1CCC[C@H](C(F)(F)F)C1. The van der Waals surface area contributed by atoms with Crippen LogP contribution in [-0.4, -0.2) is 18.1 Å². The van der Waals surface area contributed by atoms with Gasteiger partial charge in [0, 0.05) is 12.5 Å². The fraction of sp³-hybridized carbons (Fsp3) is 0.562. The third-order valence-electron chi connectivity index (χ3n) is 3.99. The minimum atomic E-state index is -4.15. The van der Waals surface area contributed by atoms with Gasteiger partial charge >= 0.3 is 6.18 Å². The first-order chi connectivity index (χ1) is 9.95. The molecule has 1 fully saturated rings. The van der Waals surface area contributed by atoms with E-state index in [-0.39, 0.29) is 24.8 Å². The van der Waals surface area contributed by atoms with Crippen molar-refractivity contribution in [3.8, 4) is 0 Å². The minimum absolute atomic E-state index is 0.0145. The topological polar surface area (TPSA) is 29.1 Å². The molecule has 0 unspecified atom stereocenters. The number of nitrogens with one attached hydrogen (secondary N) is 1. The van der Waals surface area contributed by atoms with Gasteiger partial charge in [0.2, 0.25) is 5.91 Å². The molecule has 0 saturated heterocycles. The molecule has 2 rings (SSSR count). The molecule has 0 bridgehead atoms. The van der Waals surface area contributed by atoms with Crippen LogP contribution >= 0.6 is 0 Å². The number of alkyl halides is 3. The van der Waals surface area contributed by atoms with Crippen molar-refractivity contribution in [1.29, 1.82) is 0 Å². The van der Waals surface area contributed by atoms with Crippen molar-refractivity contribution in [3.05, 3.63) is 35.9 Å². The molecular formula is C16H20F3NO. The molecule has 1 aromatic rings. The molecule has 21 heavy (non-hydrogen) atoms. The number of carbonyl (C=O) groups excluding carboxylic acids is 1. The summed E-state index contributed by atoms with van der Waals surface area (Å²) in [6, 6.07) is 9.25. The first kappa shape index (κ1) is 15.9. The normalized spacial score (nSPS) is 22.8. The molecule has 1 aliphatic carbocycles. The lowest BCUT2D eigenvalue weighted by atomic mass is 9.85. The Labute approximate surface area is 122 Å². The van der Waals surface area contributed by atoms with Crippen molar-refractivity contribution < 1.29 is 18.0 Å². The zero-order valence-corrected chi connectivity index (χ0v) is 11.8. The maximum atomic E-state index is 12.7. The Kier molecular flexibility index (Phi) is 5.26. The number of aryl methyl sites for hydroxylation is 1. The molecule has 0 aliphatic heterocycles. The lowest BCUT2D eigenvalue weighted by Crippen LogP contribution is -2.41. The van der Waals surface area contributed by atoms with Crippen LogP contribution in [0, 0.1) is 5.92 Å². The number of carbonyl (C=O) groups is 1. The molecular weight excluding hydrogens is 279 g/mol. The highest BCUT2D eigenvalue weighted by atomic mass is 19.4. The van der Waals surface area contributed by atoms with E-state index in [0.717, 1.165) is 5.56 Å². The van der Waals surface area contributed by atoms with Crippen LogP contribution in [0.15, 0.2) is 30.3 Å². The van der Waals surface area contributed by atoms with Crippen LogP contribution in [0.4, 0.5) is 13.2 Å². The maximum absolute atomic E-state index is 12.7. The van der Waals surface area contributed by atoms with E-state index in [2.05, 4.69) is 5.32 Å². The molecule has 2 nitrogen and oxygen atoms in total. The molecule has 1 saturated carbocycles. The van der Waals surface area contributed by atoms with Gasteiger partial charge in [0.15, 0.2) is 0 Å². The third kappa shape index (κ3) is 5.06. The zero-order chi connectivity index (χ0) is 15.3. The summed E-state index contributed by atoms with van der Waals surface area (Å²) in [5.74, 6) is -1.43. The Balaban J connectivity index is 1.77. The van der Waals surface area contributed by atoms with E-state index in [4.69, 9.17) is 0 Å². The van der Waals surface area contributed by atoms with E-state index < -0.39 is 12.1 Å². The average molecular weight is 299 g/mol. The quantitative estimate of drug-likeness (QED) is 0.899. The molecule has 1 aliphatic rings. The standard InChI is InChI=1S/C16H20F3NO/c17-16(18,19)13-7-4-8-14(11-13)20-15(21)10-9-12-5-2-1-3-6-12/h1-3,5-6,13-14H,4,7-11H2,(H,20,21)/t13-,14+/m0/s1. The van der Waals surface area contributed by atoms with Crippen molar-refractivity contribution in [3.63, 3.8) is 0 Å². The summed E-state index contributed by atoms with van der Waals surface area (Å²) in [4.78, 5) is 11.8. The highest BCUT2D eigenvalue weighted by molar-refractivity contribution is 5.76. The van der Waals surface area contributed by atoms with Crippen molar-refractivity contribution in [2.45, 2.75) is 50.7 Å². The second-order valence-corrected chi connectivity index (χ2v) is 5.66. The summed E-state index contributed by atoms with van der Waals surface area (Å²) >= 11 is 0. The predicted octanol–water partition coefficient (Wildman–Crippen LogP) is 3.86. The Bertz CT molecular complexity index is 458. The van der Waals surface area contributed by atoms with Crippen molar-refractivity contribution in [2.75, 3.05) is 0 Å². The summed E-state index contributed by atoms with van der Waals surface area (Å²) in [5.41, 5.74) is 1.06. The first-order valence-corrected chi connectivity index (χ1v) is 7.35. The van der Waals surface area contributed by atoms with Crippen LogP contribution < -0.4 is 5.32 Å². The summed E-state index contributed by atoms with van der Waals surface area (Å²) in [5, 5.41) is 2.75. The molecule has 0 spiro atoms. The molecule has 1 aromatic carbocycles. The second kappa shape index (κ2) is 6.96. The smallest absolute Gasteiger partial charge is 0.353 e. The predicted molar refractivity (Wildman–Crippen MR) is 74.7 cm³/mol.